The van der Waals surface area contributed by atoms with E-state index in [0.717, 1.165) is 0 Å². The maximum absolute atomic E-state index is 10.5. The minimum absolute atomic E-state index is 0.120. The van der Waals surface area contributed by atoms with E-state index in [9.17, 15) is 4.79 Å². The Morgan fingerprint density at radius 1 is 2.00 bits per heavy atom. The highest BCUT2D eigenvalue weighted by Gasteiger charge is 2.15. The van der Waals surface area contributed by atoms with Crippen molar-refractivity contribution >= 4 is 23.1 Å². The fourth-order valence-electron chi connectivity index (χ4n) is 0.523. The highest BCUT2D eigenvalue weighted by molar-refractivity contribution is 8.13. The molecule has 0 amide bonds. The van der Waals surface area contributed by atoms with Crippen LogP contribution in [0.5, 0.6) is 0 Å². The van der Waals surface area contributed by atoms with Crippen molar-refractivity contribution in [1.29, 1.82) is 0 Å². The molecule has 1 heterocycles. The van der Waals surface area contributed by atoms with Crippen molar-refractivity contribution in [2.24, 2.45) is 4.99 Å². The van der Waals surface area contributed by atoms with Gasteiger partial charge in [0.2, 0.25) is 0 Å². The summed E-state index contributed by atoms with van der Waals surface area (Å²) in [5.41, 5.74) is 1.74. The van der Waals surface area contributed by atoms with Gasteiger partial charge in [-0.25, -0.2) is 0 Å². The molecule has 2 nitrogen and oxygen atoms in total. The van der Waals surface area contributed by atoms with E-state index in [1.54, 1.807) is 12.5 Å². The SMILES string of the molecule is CC(=O)C1CN=CS1. The summed E-state index contributed by atoms with van der Waals surface area (Å²) in [6, 6.07) is 0. The summed E-state index contributed by atoms with van der Waals surface area (Å²) < 4.78 is 0. The highest BCUT2D eigenvalue weighted by Crippen LogP contribution is 2.14. The van der Waals surface area contributed by atoms with Crippen LogP contribution >= 0.6 is 11.8 Å². The molecule has 1 rings (SSSR count). The molecule has 44 valence electrons. The number of nitrogens with zero attached hydrogens (tertiary/aromatic N) is 1. The third kappa shape index (κ3) is 1.10. The van der Waals surface area contributed by atoms with Gasteiger partial charge in [-0.15, -0.1) is 11.8 Å². The summed E-state index contributed by atoms with van der Waals surface area (Å²) in [4.78, 5) is 14.4. The molecule has 0 spiro atoms. The molecule has 8 heavy (non-hydrogen) atoms. The second kappa shape index (κ2) is 2.31. The smallest absolute Gasteiger partial charge is 0.145 e. The van der Waals surface area contributed by atoms with Crippen LogP contribution in [0.25, 0.3) is 0 Å². The predicted molar refractivity (Wildman–Crippen MR) is 35.4 cm³/mol. The Morgan fingerprint density at radius 2 is 2.75 bits per heavy atom. The second-order valence-electron chi connectivity index (χ2n) is 1.71. The summed E-state index contributed by atoms with van der Waals surface area (Å²) in [5.74, 6) is 0.229. The van der Waals surface area contributed by atoms with Crippen molar-refractivity contribution in [1.82, 2.24) is 0 Å². The molecule has 3 heteroatoms. The van der Waals surface area contributed by atoms with Crippen molar-refractivity contribution < 1.29 is 4.79 Å². The van der Waals surface area contributed by atoms with Gasteiger partial charge in [0, 0.05) is 0 Å². The van der Waals surface area contributed by atoms with Gasteiger partial charge in [0.1, 0.15) is 5.78 Å². The normalized spacial score (nSPS) is 26.4. The number of rotatable bonds is 1. The lowest BCUT2D eigenvalue weighted by molar-refractivity contribution is -0.116. The van der Waals surface area contributed by atoms with E-state index >= 15 is 0 Å². The zero-order chi connectivity index (χ0) is 5.98. The third-order valence-electron chi connectivity index (χ3n) is 1.02. The fourth-order valence-corrected chi connectivity index (χ4v) is 1.21. The minimum atomic E-state index is 0.120. The van der Waals surface area contributed by atoms with Gasteiger partial charge in [-0.05, 0) is 6.92 Å². The first-order chi connectivity index (χ1) is 3.80. The van der Waals surface area contributed by atoms with E-state index in [0.29, 0.717) is 6.54 Å². The van der Waals surface area contributed by atoms with Crippen molar-refractivity contribution in [2.45, 2.75) is 12.2 Å². The van der Waals surface area contributed by atoms with Gasteiger partial charge in [0.25, 0.3) is 0 Å². The summed E-state index contributed by atoms with van der Waals surface area (Å²) >= 11 is 1.51. The van der Waals surface area contributed by atoms with Gasteiger partial charge < -0.3 is 0 Å². The molecule has 0 aliphatic carbocycles. The van der Waals surface area contributed by atoms with Gasteiger partial charge in [-0.1, -0.05) is 0 Å². The van der Waals surface area contributed by atoms with Crippen LogP contribution in [0.15, 0.2) is 4.99 Å². The molecular weight excluding hydrogens is 122 g/mol. The number of thioether (sulfide) groups is 1. The quantitative estimate of drug-likeness (QED) is 0.522. The van der Waals surface area contributed by atoms with Crippen LogP contribution in [0.4, 0.5) is 0 Å². The lowest BCUT2D eigenvalue weighted by Crippen LogP contribution is -2.12. The molecular formula is C5H7NOS. The Balaban J connectivity index is 2.41. The van der Waals surface area contributed by atoms with Crippen LogP contribution in [-0.2, 0) is 4.79 Å². The first-order valence-corrected chi connectivity index (χ1v) is 3.39. The summed E-state index contributed by atoms with van der Waals surface area (Å²) in [6.45, 7) is 2.28. The number of ketones is 1. The minimum Gasteiger partial charge on any atom is -0.299 e. The molecule has 1 aliphatic rings. The molecule has 1 atom stereocenters. The van der Waals surface area contributed by atoms with E-state index in [2.05, 4.69) is 4.99 Å². The van der Waals surface area contributed by atoms with E-state index in [-0.39, 0.29) is 11.0 Å². The maximum atomic E-state index is 10.5. The van der Waals surface area contributed by atoms with E-state index < -0.39 is 0 Å². The Labute approximate surface area is 52.4 Å². The van der Waals surface area contributed by atoms with Crippen molar-refractivity contribution in [2.75, 3.05) is 6.54 Å². The van der Waals surface area contributed by atoms with E-state index in [1.165, 1.54) is 11.8 Å². The van der Waals surface area contributed by atoms with Gasteiger partial charge in [-0.3, -0.25) is 9.79 Å². The van der Waals surface area contributed by atoms with Crippen LogP contribution in [-0.4, -0.2) is 23.1 Å². The molecule has 0 aromatic carbocycles. The molecule has 0 saturated heterocycles. The summed E-state index contributed by atoms with van der Waals surface area (Å²) in [7, 11) is 0. The molecule has 0 aromatic heterocycles. The van der Waals surface area contributed by atoms with Gasteiger partial charge in [0.15, 0.2) is 0 Å². The Hall–Kier alpha value is -0.310. The Bertz CT molecular complexity index is 124. The zero-order valence-electron chi connectivity index (χ0n) is 4.63. The topological polar surface area (TPSA) is 29.4 Å². The van der Waals surface area contributed by atoms with Gasteiger partial charge in [0.05, 0.1) is 17.3 Å². The number of carbonyl (C=O) groups is 1. The molecule has 0 bridgehead atoms. The number of hydrogen-bond acceptors (Lipinski definition) is 3. The highest BCUT2D eigenvalue weighted by atomic mass is 32.2. The van der Waals surface area contributed by atoms with Crippen molar-refractivity contribution in [3.63, 3.8) is 0 Å². The average molecular weight is 129 g/mol. The van der Waals surface area contributed by atoms with Crippen LogP contribution in [0, 0.1) is 0 Å². The molecule has 0 saturated carbocycles. The maximum Gasteiger partial charge on any atom is 0.145 e. The Morgan fingerprint density at radius 3 is 3.00 bits per heavy atom. The van der Waals surface area contributed by atoms with Gasteiger partial charge >= 0.3 is 0 Å². The fraction of sp³-hybridized carbons (Fsp3) is 0.600. The second-order valence-corrected chi connectivity index (χ2v) is 2.76. The molecule has 0 fully saturated rings. The van der Waals surface area contributed by atoms with Gasteiger partial charge in [-0.2, -0.15) is 0 Å². The average Bonchev–Trinajstić information content (AvgIpc) is 2.12. The molecule has 1 unspecified atom stereocenters. The van der Waals surface area contributed by atoms with E-state index in [1.807, 2.05) is 0 Å². The van der Waals surface area contributed by atoms with Crippen LogP contribution in [0.3, 0.4) is 0 Å². The lowest BCUT2D eigenvalue weighted by Gasteiger charge is -1.97. The Kier molecular flexibility index (Phi) is 1.68. The lowest BCUT2D eigenvalue weighted by atomic mass is 10.3. The number of hydrogen-bond donors (Lipinski definition) is 0. The van der Waals surface area contributed by atoms with Crippen LogP contribution in [0.2, 0.25) is 0 Å². The van der Waals surface area contributed by atoms with E-state index in [4.69, 9.17) is 0 Å². The number of Topliss-reactive ketones (excluding diaryl/α,β-unsaturated/α-hetero) is 1. The summed E-state index contributed by atoms with van der Waals surface area (Å²) in [5, 5.41) is 0.120. The predicted octanol–water partition coefficient (Wildman–Crippen LogP) is 0.719. The molecule has 0 aromatic rings. The molecule has 0 N–H and O–H groups in total. The molecule has 0 radical (unpaired) electrons. The van der Waals surface area contributed by atoms with Crippen molar-refractivity contribution in [3.8, 4) is 0 Å². The number of aliphatic imine (C=N–C) groups is 1. The van der Waals surface area contributed by atoms with Crippen LogP contribution in [0.1, 0.15) is 6.92 Å². The molecule has 1 aliphatic heterocycles. The first kappa shape index (κ1) is 5.82. The summed E-state index contributed by atoms with van der Waals surface area (Å²) in [6.07, 6.45) is 0. The monoisotopic (exact) mass is 129 g/mol. The zero-order valence-corrected chi connectivity index (χ0v) is 5.44. The first-order valence-electron chi connectivity index (χ1n) is 2.45. The largest absolute Gasteiger partial charge is 0.299 e. The standard InChI is InChI=1S/C5H7NOS/c1-4(7)5-2-6-3-8-5/h3,5H,2H2,1H3. The third-order valence-corrected chi connectivity index (χ3v) is 2.10. The van der Waals surface area contributed by atoms with Crippen LogP contribution < -0.4 is 0 Å². The van der Waals surface area contributed by atoms with Crippen molar-refractivity contribution in [3.05, 3.63) is 0 Å². The number of carbonyl (C=O) groups excluding carboxylic acids is 1.